The van der Waals surface area contributed by atoms with E-state index in [4.69, 9.17) is 18.9 Å². The van der Waals surface area contributed by atoms with E-state index in [1.165, 1.54) is 7.11 Å². The molecule has 0 saturated carbocycles. The summed E-state index contributed by atoms with van der Waals surface area (Å²) >= 11 is 0. The summed E-state index contributed by atoms with van der Waals surface area (Å²) in [4.78, 5) is 50.4. The van der Waals surface area contributed by atoms with Crippen molar-refractivity contribution in [3.8, 4) is 0 Å². The van der Waals surface area contributed by atoms with Gasteiger partial charge in [-0.05, 0) is 43.5 Å². The fourth-order valence-corrected chi connectivity index (χ4v) is 4.51. The first-order chi connectivity index (χ1) is 19.6. The van der Waals surface area contributed by atoms with Crippen LogP contribution in [0.5, 0.6) is 0 Å². The van der Waals surface area contributed by atoms with E-state index in [1.54, 1.807) is 45.0 Å². The first kappa shape index (κ1) is 34.3. The molecule has 0 aliphatic heterocycles. The molecule has 0 unspecified atom stereocenters. The second-order valence-electron chi connectivity index (χ2n) is 12.2. The van der Waals surface area contributed by atoms with Crippen LogP contribution in [-0.2, 0) is 48.0 Å². The Labute approximate surface area is 249 Å². The smallest absolute Gasteiger partial charge is 0.408 e. The third-order valence-corrected chi connectivity index (χ3v) is 7.64. The molecule has 230 valence electrons. The van der Waals surface area contributed by atoms with Crippen molar-refractivity contribution in [2.24, 2.45) is 0 Å². The second kappa shape index (κ2) is 16.0. The van der Waals surface area contributed by atoms with Crippen LogP contribution in [0.3, 0.4) is 0 Å². The highest BCUT2D eigenvalue weighted by molar-refractivity contribution is 6.76. The maximum atomic E-state index is 13.1. The molecule has 2 atom stereocenters. The molecular formula is C31H44N2O8Si. The number of alkyl carbamates (subject to hydrolysis) is 2. The molecule has 2 aromatic carbocycles. The molecule has 0 spiro atoms. The quantitative estimate of drug-likeness (QED) is 0.186. The molecule has 10 nitrogen and oxygen atoms in total. The molecule has 0 aromatic heterocycles. The van der Waals surface area contributed by atoms with E-state index >= 15 is 0 Å². The third kappa shape index (κ3) is 13.7. The van der Waals surface area contributed by atoms with Crippen LogP contribution in [0.1, 0.15) is 37.5 Å². The van der Waals surface area contributed by atoms with Gasteiger partial charge in [-0.2, -0.15) is 0 Å². The normalized spacial score (nSPS) is 12.8. The van der Waals surface area contributed by atoms with Crippen molar-refractivity contribution in [1.82, 2.24) is 10.6 Å². The summed E-state index contributed by atoms with van der Waals surface area (Å²) in [5, 5.41) is 5.21. The maximum Gasteiger partial charge on any atom is 0.408 e. The maximum absolute atomic E-state index is 13.1. The van der Waals surface area contributed by atoms with Crippen molar-refractivity contribution in [1.29, 1.82) is 0 Å². The lowest BCUT2D eigenvalue weighted by molar-refractivity contribution is -0.147. The van der Waals surface area contributed by atoms with Gasteiger partial charge in [0.25, 0.3) is 0 Å². The first-order valence-electron chi connectivity index (χ1n) is 13.9. The minimum Gasteiger partial charge on any atom is -0.467 e. The molecule has 2 aromatic rings. The van der Waals surface area contributed by atoms with Crippen LogP contribution in [0.15, 0.2) is 54.6 Å². The highest BCUT2D eigenvalue weighted by Crippen LogP contribution is 2.14. The van der Waals surface area contributed by atoms with Gasteiger partial charge in [0.1, 0.15) is 24.3 Å². The van der Waals surface area contributed by atoms with Gasteiger partial charge in [-0.1, -0.05) is 74.2 Å². The van der Waals surface area contributed by atoms with Crippen molar-refractivity contribution in [3.05, 3.63) is 71.3 Å². The van der Waals surface area contributed by atoms with Gasteiger partial charge < -0.3 is 29.6 Å². The number of methoxy groups -OCH3 is 1. The van der Waals surface area contributed by atoms with Gasteiger partial charge in [0, 0.05) is 20.9 Å². The number of hydrogen-bond acceptors (Lipinski definition) is 8. The summed E-state index contributed by atoms with van der Waals surface area (Å²) in [7, 11) is -0.143. The number of rotatable bonds is 13. The number of nitrogens with one attached hydrogen (secondary N) is 2. The predicted octanol–water partition coefficient (Wildman–Crippen LogP) is 5.01. The number of ether oxygens (including phenoxy) is 4. The van der Waals surface area contributed by atoms with Crippen LogP contribution in [0.25, 0.3) is 0 Å². The lowest BCUT2D eigenvalue weighted by Crippen LogP contribution is -2.45. The fraction of sp³-hybridized carbons (Fsp3) is 0.484. The number of esters is 2. The van der Waals surface area contributed by atoms with Crippen LogP contribution in [0, 0.1) is 0 Å². The van der Waals surface area contributed by atoms with Crippen LogP contribution in [0.2, 0.25) is 25.7 Å². The Kier molecular flexibility index (Phi) is 13.0. The van der Waals surface area contributed by atoms with Crippen molar-refractivity contribution >= 4 is 32.2 Å². The molecule has 0 aliphatic carbocycles. The van der Waals surface area contributed by atoms with Crippen molar-refractivity contribution in [2.75, 3.05) is 13.7 Å². The summed E-state index contributed by atoms with van der Waals surface area (Å²) in [6.07, 6.45) is -1.20. The van der Waals surface area contributed by atoms with Gasteiger partial charge in [0.2, 0.25) is 0 Å². The Morgan fingerprint density at radius 1 is 0.762 bits per heavy atom. The van der Waals surface area contributed by atoms with Crippen LogP contribution in [-0.4, -0.2) is 63.6 Å². The summed E-state index contributed by atoms with van der Waals surface area (Å²) in [5.74, 6) is -1.23. The van der Waals surface area contributed by atoms with Gasteiger partial charge in [-0.3, -0.25) is 0 Å². The zero-order valence-electron chi connectivity index (χ0n) is 25.7. The molecule has 42 heavy (non-hydrogen) atoms. The largest absolute Gasteiger partial charge is 0.467 e. The van der Waals surface area contributed by atoms with Gasteiger partial charge >= 0.3 is 24.1 Å². The molecule has 0 bridgehead atoms. The van der Waals surface area contributed by atoms with E-state index in [-0.39, 0.29) is 26.1 Å². The highest BCUT2D eigenvalue weighted by Gasteiger charge is 2.27. The van der Waals surface area contributed by atoms with Gasteiger partial charge in [0.15, 0.2) is 0 Å². The second-order valence-corrected chi connectivity index (χ2v) is 17.8. The molecule has 0 fully saturated rings. The van der Waals surface area contributed by atoms with Gasteiger partial charge in [-0.15, -0.1) is 0 Å². The van der Waals surface area contributed by atoms with Gasteiger partial charge in [-0.25, -0.2) is 19.2 Å². The number of carbonyl (C=O) groups is 4. The van der Waals surface area contributed by atoms with E-state index in [2.05, 4.69) is 30.3 Å². The minimum atomic E-state index is -1.39. The van der Waals surface area contributed by atoms with Crippen LogP contribution in [0.4, 0.5) is 9.59 Å². The molecule has 0 saturated heterocycles. The molecule has 11 heteroatoms. The lowest BCUT2D eigenvalue weighted by atomic mass is 9.99. The van der Waals surface area contributed by atoms with E-state index in [0.29, 0.717) is 11.1 Å². The lowest BCUT2D eigenvalue weighted by Gasteiger charge is -2.23. The van der Waals surface area contributed by atoms with E-state index in [0.717, 1.165) is 11.6 Å². The fourth-order valence-electron chi connectivity index (χ4n) is 3.80. The standard InChI is InChI=1S/C31H44N2O8Si/c1-31(2,3)41-30(37)33-26(28(35)40-21-22-12-9-8-10-13-22)20-24-15-11-14-23(18-24)19-25(27(34)38-4)32-29(36)39-16-17-42(5,6)7/h8-15,18,25-26H,16-17,19-21H2,1-7H3,(H,32,36)(H,33,37)/t25-,26-/m0/s1. The van der Waals surface area contributed by atoms with Crippen LogP contribution < -0.4 is 10.6 Å². The molecule has 2 N–H and O–H groups in total. The number of benzene rings is 2. The van der Waals surface area contributed by atoms with E-state index in [9.17, 15) is 19.2 Å². The SMILES string of the molecule is COC(=O)[C@H](Cc1cccc(C[C@H](NC(=O)OC(C)(C)C)C(=O)OCc2ccccc2)c1)NC(=O)OCC[Si](C)(C)C. The number of amides is 2. The summed E-state index contributed by atoms with van der Waals surface area (Å²) in [5.41, 5.74) is 1.46. The highest BCUT2D eigenvalue weighted by atomic mass is 28.3. The van der Waals surface area contributed by atoms with Crippen molar-refractivity contribution in [3.63, 3.8) is 0 Å². The van der Waals surface area contributed by atoms with Crippen LogP contribution >= 0.6 is 0 Å². The van der Waals surface area contributed by atoms with E-state index in [1.807, 2.05) is 30.3 Å². The molecule has 0 aliphatic rings. The summed E-state index contributed by atoms with van der Waals surface area (Å²) in [6, 6.07) is 15.2. The molecule has 0 radical (unpaired) electrons. The van der Waals surface area contributed by atoms with Crippen molar-refractivity contribution < 1.29 is 38.1 Å². The van der Waals surface area contributed by atoms with Gasteiger partial charge in [0.05, 0.1) is 13.7 Å². The topological polar surface area (TPSA) is 129 Å². The number of carbonyl (C=O) groups excluding carboxylic acids is 4. The average Bonchev–Trinajstić information content (AvgIpc) is 2.89. The number of hydrogen-bond donors (Lipinski definition) is 2. The Bertz CT molecular complexity index is 1190. The summed E-state index contributed by atoms with van der Waals surface area (Å²) in [6.45, 7) is 12.0. The predicted molar refractivity (Wildman–Crippen MR) is 162 cm³/mol. The average molecular weight is 601 g/mol. The molecule has 2 rings (SSSR count). The Hall–Kier alpha value is -3.86. The zero-order chi connectivity index (χ0) is 31.3. The molecular weight excluding hydrogens is 556 g/mol. The Balaban J connectivity index is 2.15. The Morgan fingerprint density at radius 3 is 1.86 bits per heavy atom. The molecule has 0 heterocycles. The monoisotopic (exact) mass is 600 g/mol. The van der Waals surface area contributed by atoms with E-state index < -0.39 is 49.9 Å². The zero-order valence-corrected chi connectivity index (χ0v) is 26.7. The summed E-state index contributed by atoms with van der Waals surface area (Å²) < 4.78 is 21.0. The minimum absolute atomic E-state index is 0.0483. The van der Waals surface area contributed by atoms with Crippen molar-refractivity contribution in [2.45, 2.75) is 83.6 Å². The third-order valence-electron chi connectivity index (χ3n) is 5.93. The first-order valence-corrected chi connectivity index (χ1v) is 17.6. The molecule has 2 amide bonds. The Morgan fingerprint density at radius 2 is 1.31 bits per heavy atom.